The normalized spacial score (nSPS) is 9.80. The summed E-state index contributed by atoms with van der Waals surface area (Å²) in [7, 11) is 1.55. The topological polar surface area (TPSA) is 58.6 Å². The molecule has 0 saturated carbocycles. The molecule has 0 saturated heterocycles. The number of rotatable bonds is 4. The third-order valence-electron chi connectivity index (χ3n) is 1.88. The zero-order chi connectivity index (χ0) is 11.3. The Morgan fingerprint density at radius 1 is 1.60 bits per heavy atom. The number of hydrogen-bond donors (Lipinski definition) is 2. The summed E-state index contributed by atoms with van der Waals surface area (Å²) < 4.78 is 4.98. The van der Waals surface area contributed by atoms with Gasteiger partial charge in [0.15, 0.2) is 0 Å². The molecule has 5 heteroatoms. The monoisotopic (exact) mass is 229 g/mol. The number of ether oxygens (including phenoxy) is 1. The molecule has 1 amide bonds. The maximum absolute atomic E-state index is 10.8. The third-order valence-corrected chi connectivity index (χ3v) is 2.23. The molecule has 15 heavy (non-hydrogen) atoms. The SMILES string of the molecule is COc1ccc(CNC(=O)CO)c(Cl)c1. The molecule has 1 rings (SSSR count). The van der Waals surface area contributed by atoms with Crippen LogP contribution >= 0.6 is 11.6 Å². The van der Waals surface area contributed by atoms with E-state index in [1.54, 1.807) is 25.3 Å². The third kappa shape index (κ3) is 3.42. The van der Waals surface area contributed by atoms with Gasteiger partial charge in [-0.3, -0.25) is 4.79 Å². The lowest BCUT2D eigenvalue weighted by atomic mass is 10.2. The Hall–Kier alpha value is -1.26. The van der Waals surface area contributed by atoms with E-state index in [0.29, 0.717) is 17.3 Å². The van der Waals surface area contributed by atoms with Gasteiger partial charge in [-0.2, -0.15) is 0 Å². The van der Waals surface area contributed by atoms with Crippen LogP contribution in [0, 0.1) is 0 Å². The van der Waals surface area contributed by atoms with Crippen molar-refractivity contribution in [1.82, 2.24) is 5.32 Å². The fourth-order valence-electron chi connectivity index (χ4n) is 1.05. The molecule has 0 aliphatic heterocycles. The van der Waals surface area contributed by atoms with E-state index in [1.165, 1.54) is 0 Å². The number of aliphatic hydroxyl groups is 1. The molecular formula is C10H12ClNO3. The predicted molar refractivity (Wildman–Crippen MR) is 56.9 cm³/mol. The van der Waals surface area contributed by atoms with Crippen molar-refractivity contribution in [2.24, 2.45) is 0 Å². The van der Waals surface area contributed by atoms with Crippen LogP contribution in [-0.2, 0) is 11.3 Å². The van der Waals surface area contributed by atoms with Gasteiger partial charge in [-0.05, 0) is 17.7 Å². The highest BCUT2D eigenvalue weighted by Crippen LogP contribution is 2.21. The lowest BCUT2D eigenvalue weighted by Gasteiger charge is -2.07. The van der Waals surface area contributed by atoms with Crippen LogP contribution in [0.15, 0.2) is 18.2 Å². The van der Waals surface area contributed by atoms with Crippen LogP contribution in [0.4, 0.5) is 0 Å². The van der Waals surface area contributed by atoms with E-state index in [1.807, 2.05) is 0 Å². The van der Waals surface area contributed by atoms with Gasteiger partial charge >= 0.3 is 0 Å². The number of amides is 1. The molecule has 0 heterocycles. The summed E-state index contributed by atoms with van der Waals surface area (Å²) in [5.74, 6) is 0.235. The summed E-state index contributed by atoms with van der Waals surface area (Å²) in [6.07, 6.45) is 0. The van der Waals surface area contributed by atoms with Crippen LogP contribution in [-0.4, -0.2) is 24.7 Å². The Labute approximate surface area is 92.8 Å². The van der Waals surface area contributed by atoms with Crippen molar-refractivity contribution >= 4 is 17.5 Å². The molecule has 82 valence electrons. The molecule has 0 atom stereocenters. The first-order valence-corrected chi connectivity index (χ1v) is 4.75. The number of carbonyl (C=O) groups is 1. The zero-order valence-corrected chi connectivity index (χ0v) is 9.04. The summed E-state index contributed by atoms with van der Waals surface area (Å²) in [5, 5.41) is 11.5. The molecule has 1 aromatic carbocycles. The van der Waals surface area contributed by atoms with Crippen LogP contribution in [0.2, 0.25) is 5.02 Å². The van der Waals surface area contributed by atoms with Crippen LogP contribution in [0.1, 0.15) is 5.56 Å². The Bertz CT molecular complexity index is 355. The number of benzene rings is 1. The smallest absolute Gasteiger partial charge is 0.245 e. The largest absolute Gasteiger partial charge is 0.497 e. The fourth-order valence-corrected chi connectivity index (χ4v) is 1.29. The lowest BCUT2D eigenvalue weighted by Crippen LogP contribution is -2.25. The maximum Gasteiger partial charge on any atom is 0.245 e. The Kier molecular flexibility index (Phi) is 4.39. The van der Waals surface area contributed by atoms with E-state index in [-0.39, 0.29) is 0 Å². The van der Waals surface area contributed by atoms with Gasteiger partial charge in [0.1, 0.15) is 12.4 Å². The minimum Gasteiger partial charge on any atom is -0.497 e. The standard InChI is InChI=1S/C10H12ClNO3/c1-15-8-3-2-7(9(11)4-8)5-12-10(14)6-13/h2-4,13H,5-6H2,1H3,(H,12,14). The number of methoxy groups -OCH3 is 1. The van der Waals surface area contributed by atoms with E-state index < -0.39 is 12.5 Å². The van der Waals surface area contributed by atoms with Gasteiger partial charge in [-0.25, -0.2) is 0 Å². The molecule has 0 aliphatic rings. The first-order chi connectivity index (χ1) is 7.17. The molecule has 0 aliphatic carbocycles. The second-order valence-corrected chi connectivity index (χ2v) is 3.30. The highest BCUT2D eigenvalue weighted by atomic mass is 35.5. The van der Waals surface area contributed by atoms with Gasteiger partial charge in [0.25, 0.3) is 0 Å². The molecule has 1 aromatic rings. The van der Waals surface area contributed by atoms with Crippen LogP contribution in [0.25, 0.3) is 0 Å². The summed E-state index contributed by atoms with van der Waals surface area (Å²) in [6, 6.07) is 5.19. The van der Waals surface area contributed by atoms with Crippen molar-refractivity contribution in [2.45, 2.75) is 6.54 Å². The van der Waals surface area contributed by atoms with Crippen LogP contribution in [0.3, 0.4) is 0 Å². The Morgan fingerprint density at radius 3 is 2.87 bits per heavy atom. The Balaban J connectivity index is 2.66. The van der Waals surface area contributed by atoms with Gasteiger partial charge in [-0.15, -0.1) is 0 Å². The second-order valence-electron chi connectivity index (χ2n) is 2.89. The van der Waals surface area contributed by atoms with Gasteiger partial charge in [0.2, 0.25) is 5.91 Å². The van der Waals surface area contributed by atoms with E-state index in [0.717, 1.165) is 5.56 Å². The van der Waals surface area contributed by atoms with Crippen molar-refractivity contribution in [3.8, 4) is 5.75 Å². The maximum atomic E-state index is 10.8. The van der Waals surface area contributed by atoms with E-state index in [2.05, 4.69) is 5.32 Å². The number of aliphatic hydroxyl groups excluding tert-OH is 1. The van der Waals surface area contributed by atoms with E-state index in [9.17, 15) is 4.79 Å². The van der Waals surface area contributed by atoms with Crippen molar-refractivity contribution in [2.75, 3.05) is 13.7 Å². The Morgan fingerprint density at radius 2 is 2.33 bits per heavy atom. The van der Waals surface area contributed by atoms with Gasteiger partial charge in [0.05, 0.1) is 7.11 Å². The highest BCUT2D eigenvalue weighted by molar-refractivity contribution is 6.31. The first-order valence-electron chi connectivity index (χ1n) is 4.37. The number of hydrogen-bond acceptors (Lipinski definition) is 3. The van der Waals surface area contributed by atoms with Crippen molar-refractivity contribution in [3.05, 3.63) is 28.8 Å². The van der Waals surface area contributed by atoms with Gasteiger partial charge < -0.3 is 15.2 Å². The first kappa shape index (κ1) is 11.8. The predicted octanol–water partition coefficient (Wildman–Crippen LogP) is 0.957. The average Bonchev–Trinajstić information content (AvgIpc) is 2.26. The van der Waals surface area contributed by atoms with Crippen molar-refractivity contribution < 1.29 is 14.6 Å². The molecule has 0 aromatic heterocycles. The molecule has 0 radical (unpaired) electrons. The minimum atomic E-state index is -0.520. The fraction of sp³-hybridized carbons (Fsp3) is 0.300. The number of nitrogens with one attached hydrogen (secondary N) is 1. The van der Waals surface area contributed by atoms with E-state index in [4.69, 9.17) is 21.4 Å². The molecule has 2 N–H and O–H groups in total. The molecule has 0 fully saturated rings. The summed E-state index contributed by atoms with van der Waals surface area (Å²) in [5.41, 5.74) is 0.777. The zero-order valence-electron chi connectivity index (χ0n) is 8.29. The lowest BCUT2D eigenvalue weighted by molar-refractivity contribution is -0.123. The summed E-state index contributed by atoms with van der Waals surface area (Å²) >= 11 is 5.94. The highest BCUT2D eigenvalue weighted by Gasteiger charge is 2.03. The van der Waals surface area contributed by atoms with E-state index >= 15 is 0 Å². The molecule has 4 nitrogen and oxygen atoms in total. The van der Waals surface area contributed by atoms with Gasteiger partial charge in [-0.1, -0.05) is 17.7 Å². The van der Waals surface area contributed by atoms with Gasteiger partial charge in [0, 0.05) is 11.6 Å². The van der Waals surface area contributed by atoms with Crippen LogP contribution in [0.5, 0.6) is 5.75 Å². The number of halogens is 1. The molecule has 0 unspecified atom stereocenters. The van der Waals surface area contributed by atoms with Crippen LogP contribution < -0.4 is 10.1 Å². The molecular weight excluding hydrogens is 218 g/mol. The number of carbonyl (C=O) groups excluding carboxylic acids is 1. The quantitative estimate of drug-likeness (QED) is 0.809. The average molecular weight is 230 g/mol. The molecule has 0 spiro atoms. The minimum absolute atomic E-state index is 0.294. The van der Waals surface area contributed by atoms with Crippen molar-refractivity contribution in [1.29, 1.82) is 0 Å². The van der Waals surface area contributed by atoms with Crippen molar-refractivity contribution in [3.63, 3.8) is 0 Å². The molecule has 0 bridgehead atoms. The summed E-state index contributed by atoms with van der Waals surface area (Å²) in [6.45, 7) is -0.226. The second kappa shape index (κ2) is 5.58. The summed E-state index contributed by atoms with van der Waals surface area (Å²) in [4.78, 5) is 10.8.